The van der Waals surface area contributed by atoms with Crippen LogP contribution in [0, 0.1) is 22.7 Å². The van der Waals surface area contributed by atoms with Crippen LogP contribution in [0.25, 0.3) is 0 Å². The average molecular weight is 392 g/mol. The van der Waals surface area contributed by atoms with E-state index in [0.717, 1.165) is 0 Å². The van der Waals surface area contributed by atoms with E-state index in [0.29, 0.717) is 6.42 Å². The summed E-state index contributed by atoms with van der Waals surface area (Å²) in [7, 11) is 0. The van der Waals surface area contributed by atoms with Crippen LogP contribution < -0.4 is 0 Å². The Balaban J connectivity index is 5.74. The second-order valence-corrected chi connectivity index (χ2v) is 8.11. The van der Waals surface area contributed by atoms with Crippen LogP contribution >= 0.6 is 0 Å². The third-order valence-corrected chi connectivity index (χ3v) is 5.37. The van der Waals surface area contributed by atoms with Gasteiger partial charge in [0.2, 0.25) is 0 Å². The van der Waals surface area contributed by atoms with Gasteiger partial charge in [-0.3, -0.25) is 4.79 Å². The second kappa shape index (κ2) is 8.38. The van der Waals surface area contributed by atoms with Gasteiger partial charge in [-0.15, -0.1) is 0 Å². The highest BCUT2D eigenvalue weighted by molar-refractivity contribution is 5.76. The summed E-state index contributed by atoms with van der Waals surface area (Å²) in [6, 6.07) is 0. The first-order chi connectivity index (χ1) is 11.4. The molecule has 0 saturated carbocycles. The van der Waals surface area contributed by atoms with Crippen LogP contribution in [0.15, 0.2) is 0 Å². The molecule has 0 heterocycles. The van der Waals surface area contributed by atoms with Gasteiger partial charge in [0.15, 0.2) is 5.41 Å². The maximum atomic E-state index is 13.2. The molecule has 2 unspecified atom stereocenters. The van der Waals surface area contributed by atoms with Gasteiger partial charge < -0.3 is 4.74 Å². The van der Waals surface area contributed by atoms with Gasteiger partial charge in [-0.05, 0) is 38.5 Å². The average Bonchev–Trinajstić information content (AvgIpc) is 2.42. The predicted molar refractivity (Wildman–Crippen MR) is 87.4 cm³/mol. The molecule has 0 saturated heterocycles. The lowest BCUT2D eigenvalue weighted by molar-refractivity contribution is -0.341. The van der Waals surface area contributed by atoms with Gasteiger partial charge in [-0.1, -0.05) is 34.6 Å². The Labute approximate surface area is 151 Å². The number of esters is 1. The Morgan fingerprint density at radius 2 is 1.35 bits per heavy atom. The third kappa shape index (κ3) is 5.52. The minimum atomic E-state index is -5.50. The van der Waals surface area contributed by atoms with Crippen molar-refractivity contribution in [2.75, 3.05) is 0 Å². The molecule has 0 rings (SSSR count). The molecule has 0 amide bonds. The SMILES string of the molecule is CCC(C)(C(=O)OC(CC(C)C)CC(C)(C(F)(F)F)C(F)(F)F)C(C)C. The van der Waals surface area contributed by atoms with Crippen molar-refractivity contribution >= 4 is 5.97 Å². The van der Waals surface area contributed by atoms with Crippen LogP contribution in [0.5, 0.6) is 0 Å². The first-order valence-electron chi connectivity index (χ1n) is 8.76. The van der Waals surface area contributed by atoms with Crippen LogP contribution in [-0.2, 0) is 9.53 Å². The zero-order valence-corrected chi connectivity index (χ0v) is 16.4. The van der Waals surface area contributed by atoms with Crippen LogP contribution in [0.4, 0.5) is 26.3 Å². The minimum absolute atomic E-state index is 0.0780. The molecule has 0 fully saturated rings. The molecule has 0 aromatic heterocycles. The third-order valence-electron chi connectivity index (χ3n) is 5.37. The molecular formula is C18H30F6O2. The summed E-state index contributed by atoms with van der Waals surface area (Å²) in [4.78, 5) is 12.5. The molecular weight excluding hydrogens is 362 g/mol. The molecule has 2 nitrogen and oxygen atoms in total. The van der Waals surface area contributed by atoms with Crippen molar-refractivity contribution < 1.29 is 35.9 Å². The van der Waals surface area contributed by atoms with E-state index >= 15 is 0 Å². The lowest BCUT2D eigenvalue weighted by Gasteiger charge is -2.38. The first-order valence-corrected chi connectivity index (χ1v) is 8.76. The molecule has 0 aromatic rings. The maximum absolute atomic E-state index is 13.2. The van der Waals surface area contributed by atoms with Gasteiger partial charge in [0, 0.05) is 6.42 Å². The summed E-state index contributed by atoms with van der Waals surface area (Å²) in [5, 5.41) is 0. The number of alkyl halides is 6. The van der Waals surface area contributed by atoms with Gasteiger partial charge >= 0.3 is 18.3 Å². The summed E-state index contributed by atoms with van der Waals surface area (Å²) in [6.07, 6.45) is -13.5. The second-order valence-electron chi connectivity index (χ2n) is 8.11. The van der Waals surface area contributed by atoms with Crippen LogP contribution in [-0.4, -0.2) is 24.4 Å². The van der Waals surface area contributed by atoms with Crippen molar-refractivity contribution in [3.05, 3.63) is 0 Å². The maximum Gasteiger partial charge on any atom is 0.403 e. The lowest BCUT2D eigenvalue weighted by Crippen LogP contribution is -2.50. The molecule has 0 aromatic carbocycles. The number of rotatable bonds is 8. The van der Waals surface area contributed by atoms with E-state index in [-0.39, 0.29) is 25.2 Å². The molecule has 26 heavy (non-hydrogen) atoms. The number of halogens is 6. The topological polar surface area (TPSA) is 26.3 Å². The number of ether oxygens (including phenoxy) is 1. The van der Waals surface area contributed by atoms with Gasteiger partial charge in [-0.25, -0.2) is 0 Å². The quantitative estimate of drug-likeness (QED) is 0.346. The highest BCUT2D eigenvalue weighted by Gasteiger charge is 2.68. The van der Waals surface area contributed by atoms with Gasteiger partial charge in [-0.2, -0.15) is 26.3 Å². The monoisotopic (exact) mass is 392 g/mol. The molecule has 8 heteroatoms. The Hall–Kier alpha value is -0.950. The van der Waals surface area contributed by atoms with Gasteiger partial charge in [0.05, 0.1) is 5.41 Å². The van der Waals surface area contributed by atoms with Crippen LogP contribution in [0.2, 0.25) is 0 Å². The van der Waals surface area contributed by atoms with E-state index in [4.69, 9.17) is 4.74 Å². The van der Waals surface area contributed by atoms with Crippen molar-refractivity contribution in [1.29, 1.82) is 0 Å². The summed E-state index contributed by atoms with van der Waals surface area (Å²) < 4.78 is 84.4. The minimum Gasteiger partial charge on any atom is -0.462 e. The van der Waals surface area contributed by atoms with E-state index in [1.807, 2.05) is 0 Å². The van der Waals surface area contributed by atoms with Gasteiger partial charge in [0.25, 0.3) is 0 Å². The van der Waals surface area contributed by atoms with Crippen molar-refractivity contribution in [2.45, 2.75) is 86.2 Å². The molecule has 156 valence electrons. The molecule has 0 bridgehead atoms. The van der Waals surface area contributed by atoms with E-state index in [9.17, 15) is 31.1 Å². The number of hydrogen-bond acceptors (Lipinski definition) is 2. The Morgan fingerprint density at radius 3 is 1.62 bits per heavy atom. The van der Waals surface area contributed by atoms with E-state index in [1.54, 1.807) is 41.5 Å². The molecule has 0 aliphatic rings. The smallest absolute Gasteiger partial charge is 0.403 e. The zero-order chi connectivity index (χ0) is 21.1. The summed E-state index contributed by atoms with van der Waals surface area (Å²) in [5.41, 5.74) is -4.91. The fraction of sp³-hybridized carbons (Fsp3) is 0.944. The van der Waals surface area contributed by atoms with Crippen LogP contribution in [0.3, 0.4) is 0 Å². The molecule has 0 N–H and O–H groups in total. The molecule has 0 aliphatic heterocycles. The van der Waals surface area contributed by atoms with E-state index in [2.05, 4.69) is 0 Å². The van der Waals surface area contributed by atoms with Crippen molar-refractivity contribution in [1.82, 2.24) is 0 Å². The molecule has 2 atom stereocenters. The summed E-state index contributed by atoms with van der Waals surface area (Å²) in [5.74, 6) is -1.16. The van der Waals surface area contributed by atoms with Crippen molar-refractivity contribution in [3.63, 3.8) is 0 Å². The largest absolute Gasteiger partial charge is 0.462 e. The van der Waals surface area contributed by atoms with E-state index < -0.39 is 41.7 Å². The van der Waals surface area contributed by atoms with E-state index in [1.165, 1.54) is 0 Å². The van der Waals surface area contributed by atoms with Crippen molar-refractivity contribution in [3.8, 4) is 0 Å². The predicted octanol–water partition coefficient (Wildman–Crippen LogP) is 6.54. The fourth-order valence-electron chi connectivity index (χ4n) is 2.62. The standard InChI is InChI=1S/C18H30F6O2/c1-8-15(6,12(4)5)14(25)26-13(9-11(2)3)10-16(7,17(19,20)21)18(22,23)24/h11-13H,8-10H2,1-7H3. The molecule has 0 radical (unpaired) electrons. The Morgan fingerprint density at radius 1 is 0.923 bits per heavy atom. The van der Waals surface area contributed by atoms with Gasteiger partial charge in [0.1, 0.15) is 6.10 Å². The highest BCUT2D eigenvalue weighted by atomic mass is 19.4. The summed E-state index contributed by atoms with van der Waals surface area (Å²) in [6.45, 7) is 10.3. The Kier molecular flexibility index (Phi) is 8.07. The van der Waals surface area contributed by atoms with Crippen molar-refractivity contribution in [2.24, 2.45) is 22.7 Å². The first kappa shape index (κ1) is 25.1. The Bertz CT molecular complexity index is 453. The van der Waals surface area contributed by atoms with Crippen LogP contribution in [0.1, 0.15) is 67.7 Å². The normalized spacial score (nSPS) is 17.3. The number of hydrogen-bond donors (Lipinski definition) is 0. The number of carbonyl (C=O) groups excluding carboxylic acids is 1. The number of carbonyl (C=O) groups is 1. The fourth-order valence-corrected chi connectivity index (χ4v) is 2.62. The molecule has 0 spiro atoms. The lowest BCUT2D eigenvalue weighted by atomic mass is 9.76. The molecule has 0 aliphatic carbocycles. The summed E-state index contributed by atoms with van der Waals surface area (Å²) >= 11 is 0. The highest BCUT2D eigenvalue weighted by Crippen LogP contribution is 2.53. The zero-order valence-electron chi connectivity index (χ0n) is 16.4.